The Hall–Kier alpha value is -2.88. The third kappa shape index (κ3) is 4.33. The zero-order valence-corrected chi connectivity index (χ0v) is 15.8. The van der Waals surface area contributed by atoms with Crippen LogP contribution in [-0.4, -0.2) is 39.8 Å². The van der Waals surface area contributed by atoms with E-state index in [9.17, 15) is 22.0 Å². The number of ether oxygens (including phenoxy) is 2. The van der Waals surface area contributed by atoms with Gasteiger partial charge in [0.2, 0.25) is 15.9 Å². The Morgan fingerprint density at radius 2 is 1.82 bits per heavy atom. The third-order valence-electron chi connectivity index (χ3n) is 4.01. The molecule has 3 rings (SSSR count). The van der Waals surface area contributed by atoms with E-state index in [1.165, 1.54) is 19.1 Å². The summed E-state index contributed by atoms with van der Waals surface area (Å²) in [7, 11) is -3.82. The zero-order valence-electron chi connectivity index (χ0n) is 14.9. The molecule has 0 aliphatic carbocycles. The molecule has 0 aromatic heterocycles. The zero-order chi connectivity index (χ0) is 20.3. The molecule has 0 saturated heterocycles. The number of carbonyl (C=O) groups is 1. The van der Waals surface area contributed by atoms with Crippen LogP contribution in [0.15, 0.2) is 36.4 Å². The van der Waals surface area contributed by atoms with Gasteiger partial charge in [-0.25, -0.2) is 17.2 Å². The van der Waals surface area contributed by atoms with Crippen LogP contribution < -0.4 is 19.1 Å². The van der Waals surface area contributed by atoms with E-state index in [1.807, 2.05) is 0 Å². The van der Waals surface area contributed by atoms with Gasteiger partial charge in [-0.05, 0) is 31.2 Å². The summed E-state index contributed by atoms with van der Waals surface area (Å²) in [5.41, 5.74) is -0.0387. The number of nitrogens with one attached hydrogen (secondary N) is 1. The van der Waals surface area contributed by atoms with E-state index < -0.39 is 34.1 Å². The van der Waals surface area contributed by atoms with Crippen LogP contribution >= 0.6 is 0 Å². The van der Waals surface area contributed by atoms with Crippen molar-refractivity contribution in [1.29, 1.82) is 0 Å². The molecule has 0 radical (unpaired) electrons. The number of hydrogen-bond donors (Lipinski definition) is 1. The van der Waals surface area contributed by atoms with Gasteiger partial charge >= 0.3 is 0 Å². The number of sulfonamides is 1. The van der Waals surface area contributed by atoms with Gasteiger partial charge in [0.25, 0.3) is 0 Å². The van der Waals surface area contributed by atoms with Gasteiger partial charge < -0.3 is 14.8 Å². The maximum absolute atomic E-state index is 13.7. The van der Waals surface area contributed by atoms with Gasteiger partial charge in [0.05, 0.1) is 17.1 Å². The second kappa shape index (κ2) is 8.01. The fourth-order valence-electron chi connectivity index (χ4n) is 2.60. The van der Waals surface area contributed by atoms with E-state index in [1.54, 1.807) is 6.07 Å². The molecule has 0 atom stereocenters. The van der Waals surface area contributed by atoms with Gasteiger partial charge in [-0.2, -0.15) is 0 Å². The second-order valence-electron chi connectivity index (χ2n) is 5.91. The van der Waals surface area contributed by atoms with E-state index in [-0.39, 0.29) is 17.1 Å². The summed E-state index contributed by atoms with van der Waals surface area (Å²) in [6.07, 6.45) is 0. The molecule has 2 aromatic carbocycles. The molecule has 10 heteroatoms. The molecule has 1 N–H and O–H groups in total. The van der Waals surface area contributed by atoms with Crippen LogP contribution in [0, 0.1) is 11.6 Å². The summed E-state index contributed by atoms with van der Waals surface area (Å²) >= 11 is 0. The normalized spacial score (nSPS) is 13.1. The van der Waals surface area contributed by atoms with Crippen molar-refractivity contribution in [1.82, 2.24) is 0 Å². The minimum absolute atomic E-state index is 0.209. The quantitative estimate of drug-likeness (QED) is 0.788. The van der Waals surface area contributed by atoms with Gasteiger partial charge in [0.15, 0.2) is 11.5 Å². The van der Waals surface area contributed by atoms with Crippen LogP contribution in [0.4, 0.5) is 20.2 Å². The fraction of sp³-hybridized carbons (Fsp3) is 0.278. The molecule has 0 unspecified atom stereocenters. The summed E-state index contributed by atoms with van der Waals surface area (Å²) in [5, 5.41) is 2.25. The summed E-state index contributed by atoms with van der Waals surface area (Å²) in [6, 6.07) is 7.18. The maximum Gasteiger partial charge on any atom is 0.245 e. The van der Waals surface area contributed by atoms with Crippen molar-refractivity contribution in [2.24, 2.45) is 0 Å². The van der Waals surface area contributed by atoms with E-state index in [0.717, 1.165) is 16.4 Å². The van der Waals surface area contributed by atoms with E-state index in [0.29, 0.717) is 30.8 Å². The summed E-state index contributed by atoms with van der Waals surface area (Å²) in [4.78, 5) is 12.4. The average Bonchev–Trinajstić information content (AvgIpc) is 2.68. The first kappa shape index (κ1) is 19.9. The van der Waals surface area contributed by atoms with Crippen molar-refractivity contribution in [3.63, 3.8) is 0 Å². The molecule has 0 saturated carbocycles. The Kier molecular flexibility index (Phi) is 5.68. The Balaban J connectivity index is 1.85. The fourth-order valence-corrected chi connectivity index (χ4v) is 3.66. The second-order valence-corrected chi connectivity index (χ2v) is 8.09. The van der Waals surface area contributed by atoms with Gasteiger partial charge in [0.1, 0.15) is 31.4 Å². The van der Waals surface area contributed by atoms with Gasteiger partial charge in [-0.3, -0.25) is 9.10 Å². The largest absolute Gasteiger partial charge is 0.486 e. The molecule has 7 nitrogen and oxygen atoms in total. The Morgan fingerprint density at radius 1 is 1.11 bits per heavy atom. The van der Waals surface area contributed by atoms with Crippen LogP contribution in [0.2, 0.25) is 0 Å². The lowest BCUT2D eigenvalue weighted by Gasteiger charge is -2.25. The Bertz CT molecular complexity index is 997. The van der Waals surface area contributed by atoms with Gasteiger partial charge in [-0.15, -0.1) is 0 Å². The molecule has 2 aromatic rings. The highest BCUT2D eigenvalue weighted by atomic mass is 32.2. The first-order valence-electron chi connectivity index (χ1n) is 8.45. The highest BCUT2D eigenvalue weighted by Crippen LogP contribution is 2.34. The Labute approximate surface area is 160 Å². The number of benzene rings is 2. The molecule has 28 heavy (non-hydrogen) atoms. The van der Waals surface area contributed by atoms with E-state index in [2.05, 4.69) is 5.32 Å². The number of halogens is 2. The standard InChI is InChI=1S/C18H18F2N2O5S/c1-2-28(24,25)22(13-4-6-16-17(10-13)27-8-7-26-16)11-18(23)21-15-5-3-12(19)9-14(15)20/h3-6,9-10H,2,7-8,11H2,1H3,(H,21,23). The Morgan fingerprint density at radius 3 is 2.50 bits per heavy atom. The SMILES string of the molecule is CCS(=O)(=O)N(CC(=O)Nc1ccc(F)cc1F)c1ccc2c(c1)OCCO2. The van der Waals surface area contributed by atoms with Crippen molar-refractivity contribution in [3.8, 4) is 11.5 Å². The van der Waals surface area contributed by atoms with Crippen molar-refractivity contribution < 1.29 is 31.5 Å². The highest BCUT2D eigenvalue weighted by molar-refractivity contribution is 7.92. The molecule has 1 heterocycles. The number of amides is 1. The lowest BCUT2D eigenvalue weighted by molar-refractivity contribution is -0.114. The third-order valence-corrected chi connectivity index (χ3v) is 5.75. The van der Waals surface area contributed by atoms with Crippen LogP contribution in [-0.2, 0) is 14.8 Å². The predicted octanol–water partition coefficient (Wildman–Crippen LogP) is 2.53. The number of nitrogens with zero attached hydrogens (tertiary/aromatic N) is 1. The van der Waals surface area contributed by atoms with E-state index >= 15 is 0 Å². The maximum atomic E-state index is 13.7. The van der Waals surface area contributed by atoms with Crippen molar-refractivity contribution >= 4 is 27.3 Å². The summed E-state index contributed by atoms with van der Waals surface area (Å²) < 4.78 is 63.5. The van der Waals surface area contributed by atoms with Gasteiger partial charge in [-0.1, -0.05) is 0 Å². The lowest BCUT2D eigenvalue weighted by Crippen LogP contribution is -2.39. The number of fused-ring (bicyclic) bond motifs is 1. The molecular weight excluding hydrogens is 394 g/mol. The summed E-state index contributed by atoms with van der Waals surface area (Å²) in [5.74, 6) is -1.94. The van der Waals surface area contributed by atoms with Crippen LogP contribution in [0.1, 0.15) is 6.92 Å². The first-order valence-corrected chi connectivity index (χ1v) is 10.1. The monoisotopic (exact) mass is 412 g/mol. The van der Waals surface area contributed by atoms with Crippen LogP contribution in [0.5, 0.6) is 11.5 Å². The molecule has 1 amide bonds. The van der Waals surface area contributed by atoms with Crippen LogP contribution in [0.25, 0.3) is 0 Å². The topological polar surface area (TPSA) is 84.9 Å². The molecule has 1 aliphatic rings. The van der Waals surface area contributed by atoms with Gasteiger partial charge in [0, 0.05) is 12.1 Å². The molecule has 0 fully saturated rings. The molecule has 0 spiro atoms. The molecule has 0 bridgehead atoms. The minimum atomic E-state index is -3.82. The first-order chi connectivity index (χ1) is 13.3. The predicted molar refractivity (Wildman–Crippen MR) is 99.2 cm³/mol. The van der Waals surface area contributed by atoms with Crippen molar-refractivity contribution in [2.75, 3.05) is 35.1 Å². The minimum Gasteiger partial charge on any atom is -0.486 e. The average molecular weight is 412 g/mol. The smallest absolute Gasteiger partial charge is 0.245 e. The van der Waals surface area contributed by atoms with Crippen LogP contribution in [0.3, 0.4) is 0 Å². The number of rotatable bonds is 6. The number of hydrogen-bond acceptors (Lipinski definition) is 5. The molecule has 150 valence electrons. The van der Waals surface area contributed by atoms with E-state index in [4.69, 9.17) is 9.47 Å². The highest BCUT2D eigenvalue weighted by Gasteiger charge is 2.25. The number of anilines is 2. The number of carbonyl (C=O) groups excluding carboxylic acids is 1. The molecule has 1 aliphatic heterocycles. The molecular formula is C18H18F2N2O5S. The summed E-state index contributed by atoms with van der Waals surface area (Å²) in [6.45, 7) is 1.56. The van der Waals surface area contributed by atoms with Crippen molar-refractivity contribution in [2.45, 2.75) is 6.92 Å². The van der Waals surface area contributed by atoms with Crippen molar-refractivity contribution in [3.05, 3.63) is 48.0 Å². The lowest BCUT2D eigenvalue weighted by atomic mass is 10.2.